The van der Waals surface area contributed by atoms with Crippen LogP contribution in [-0.2, 0) is 14.8 Å². The van der Waals surface area contributed by atoms with Crippen molar-refractivity contribution in [3.05, 3.63) is 58.7 Å². The molecule has 1 fully saturated rings. The van der Waals surface area contributed by atoms with Crippen LogP contribution in [0.4, 0.5) is 8.78 Å². The van der Waals surface area contributed by atoms with Crippen LogP contribution < -0.4 is 10.1 Å². The highest BCUT2D eigenvalue weighted by Gasteiger charge is 2.34. The number of hydrogen-bond donors (Lipinski definition) is 1. The van der Waals surface area contributed by atoms with Gasteiger partial charge < -0.3 is 10.1 Å². The number of ether oxygens (including phenoxy) is 1. The molecule has 0 spiro atoms. The first-order valence-corrected chi connectivity index (χ1v) is 12.9. The number of hydrogen-bond acceptors (Lipinski definition) is 4. The number of rotatable bonds is 8. The number of carbonyl (C=O) groups is 1. The predicted octanol–water partition coefficient (Wildman–Crippen LogP) is 4.88. The zero-order chi connectivity index (χ0) is 25.0. The maximum absolute atomic E-state index is 13.3. The number of nitrogens with one attached hydrogen (secondary N) is 1. The summed E-state index contributed by atoms with van der Waals surface area (Å²) in [4.78, 5) is 13.3. The van der Waals surface area contributed by atoms with Crippen molar-refractivity contribution in [2.24, 2.45) is 5.92 Å². The molecular weight excluding hydrogens is 462 g/mol. The Balaban J connectivity index is 1.68. The Kier molecular flexibility index (Phi) is 8.30. The minimum absolute atomic E-state index is 0.0365. The zero-order valence-corrected chi connectivity index (χ0v) is 20.8. The van der Waals surface area contributed by atoms with Crippen molar-refractivity contribution in [1.29, 1.82) is 0 Å². The second-order valence-electron chi connectivity index (χ2n) is 8.79. The minimum Gasteiger partial charge on any atom is -0.434 e. The monoisotopic (exact) mass is 494 g/mol. The van der Waals surface area contributed by atoms with Gasteiger partial charge in [-0.05, 0) is 57.2 Å². The molecule has 0 aliphatic carbocycles. The van der Waals surface area contributed by atoms with Crippen LogP contribution in [0.3, 0.4) is 0 Å². The topological polar surface area (TPSA) is 75.7 Å². The molecule has 1 aliphatic rings. The molecule has 1 aliphatic heterocycles. The number of piperidine rings is 1. The van der Waals surface area contributed by atoms with Crippen molar-refractivity contribution < 1.29 is 26.7 Å². The Labute approximate surface area is 200 Å². The fraction of sp³-hybridized carbons (Fsp3) is 0.480. The molecule has 6 nitrogen and oxygen atoms in total. The highest BCUT2D eigenvalue weighted by Crippen LogP contribution is 2.31. The molecule has 1 amide bonds. The van der Waals surface area contributed by atoms with Gasteiger partial charge in [0.05, 0.1) is 10.9 Å². The lowest BCUT2D eigenvalue weighted by Crippen LogP contribution is -2.44. The van der Waals surface area contributed by atoms with Gasteiger partial charge in [0.15, 0.2) is 0 Å². The van der Waals surface area contributed by atoms with Gasteiger partial charge in [-0.3, -0.25) is 4.79 Å². The lowest BCUT2D eigenvalue weighted by molar-refractivity contribution is -0.126. The number of alkyl halides is 2. The third-order valence-electron chi connectivity index (χ3n) is 6.26. The van der Waals surface area contributed by atoms with E-state index in [4.69, 9.17) is 0 Å². The van der Waals surface area contributed by atoms with E-state index < -0.39 is 22.7 Å². The van der Waals surface area contributed by atoms with Gasteiger partial charge in [-0.2, -0.15) is 13.1 Å². The van der Waals surface area contributed by atoms with Crippen molar-refractivity contribution in [3.63, 3.8) is 0 Å². The van der Waals surface area contributed by atoms with Crippen molar-refractivity contribution in [2.75, 3.05) is 13.1 Å². The first kappa shape index (κ1) is 26.1. The molecule has 0 radical (unpaired) electrons. The van der Waals surface area contributed by atoms with Gasteiger partial charge in [0.2, 0.25) is 15.9 Å². The van der Waals surface area contributed by atoms with Crippen LogP contribution in [0.5, 0.6) is 5.75 Å². The largest absolute Gasteiger partial charge is 0.434 e. The molecule has 1 saturated heterocycles. The number of sulfonamides is 1. The SMILES string of the molecule is CCC(NC(=O)C1CCN(S(=O)(=O)c2c(C)cc(C)cc2C)CC1)c1ccccc1OC(F)F. The van der Waals surface area contributed by atoms with Gasteiger partial charge in [0.25, 0.3) is 0 Å². The Hall–Kier alpha value is -2.52. The Bertz CT molecular complexity index is 1110. The molecule has 2 aromatic rings. The molecule has 3 rings (SSSR count). The van der Waals surface area contributed by atoms with Gasteiger partial charge in [-0.1, -0.05) is 42.8 Å². The smallest absolute Gasteiger partial charge is 0.387 e. The normalized spacial score (nSPS) is 16.4. The summed E-state index contributed by atoms with van der Waals surface area (Å²) in [6.45, 7) is 4.92. The summed E-state index contributed by atoms with van der Waals surface area (Å²) < 4.78 is 58.2. The molecule has 2 aromatic carbocycles. The summed E-state index contributed by atoms with van der Waals surface area (Å²) in [5, 5.41) is 2.94. The van der Waals surface area contributed by atoms with Crippen molar-refractivity contribution in [1.82, 2.24) is 9.62 Å². The first-order valence-electron chi connectivity index (χ1n) is 11.5. The third-order valence-corrected chi connectivity index (χ3v) is 8.47. The summed E-state index contributed by atoms with van der Waals surface area (Å²) in [5.41, 5.74) is 2.93. The second kappa shape index (κ2) is 10.8. The molecule has 34 heavy (non-hydrogen) atoms. The van der Waals surface area contributed by atoms with Gasteiger partial charge >= 0.3 is 6.61 Å². The summed E-state index contributed by atoms with van der Waals surface area (Å²) in [6.07, 6.45) is 1.27. The van der Waals surface area contributed by atoms with Crippen LogP contribution in [-0.4, -0.2) is 38.3 Å². The van der Waals surface area contributed by atoms with Gasteiger partial charge in [-0.25, -0.2) is 8.42 Å². The molecule has 9 heteroatoms. The Morgan fingerprint density at radius 3 is 2.26 bits per heavy atom. The van der Waals surface area contributed by atoms with E-state index in [1.54, 1.807) is 32.0 Å². The lowest BCUT2D eigenvalue weighted by atomic mass is 9.95. The highest BCUT2D eigenvalue weighted by molar-refractivity contribution is 7.89. The molecule has 1 heterocycles. The molecule has 0 aromatic heterocycles. The number of para-hydroxylation sites is 1. The fourth-order valence-corrected chi connectivity index (χ4v) is 6.60. The Morgan fingerprint density at radius 2 is 1.71 bits per heavy atom. The van der Waals surface area contributed by atoms with E-state index in [1.165, 1.54) is 10.4 Å². The van der Waals surface area contributed by atoms with Crippen LogP contribution >= 0.6 is 0 Å². The minimum atomic E-state index is -3.66. The van der Waals surface area contributed by atoms with E-state index in [2.05, 4.69) is 10.1 Å². The van der Waals surface area contributed by atoms with Crippen LogP contribution in [0.25, 0.3) is 0 Å². The third kappa shape index (κ3) is 5.75. The molecule has 0 saturated carbocycles. The van der Waals surface area contributed by atoms with E-state index in [0.717, 1.165) is 5.56 Å². The number of amides is 1. The van der Waals surface area contributed by atoms with Crippen LogP contribution in [0.2, 0.25) is 0 Å². The van der Waals surface area contributed by atoms with Crippen LogP contribution in [0, 0.1) is 26.7 Å². The predicted molar refractivity (Wildman–Crippen MR) is 126 cm³/mol. The van der Waals surface area contributed by atoms with Crippen LogP contribution in [0.1, 0.15) is 54.5 Å². The molecule has 1 unspecified atom stereocenters. The maximum atomic E-state index is 13.3. The molecule has 1 atom stereocenters. The average Bonchev–Trinajstić information content (AvgIpc) is 2.76. The lowest BCUT2D eigenvalue weighted by Gasteiger charge is -2.32. The number of benzene rings is 2. The standard InChI is InChI=1S/C25H32F2N2O4S/c1-5-21(20-8-6-7-9-22(20)33-25(26)27)28-24(30)19-10-12-29(13-11-19)34(31,32)23-17(3)14-16(2)15-18(23)4/h6-9,14-15,19,21,25H,5,10-13H2,1-4H3,(H,28,30). The summed E-state index contributed by atoms with van der Waals surface area (Å²) in [7, 11) is -3.66. The van der Waals surface area contributed by atoms with E-state index in [0.29, 0.717) is 40.8 Å². The molecule has 186 valence electrons. The van der Waals surface area contributed by atoms with Gasteiger partial charge in [0.1, 0.15) is 5.75 Å². The maximum Gasteiger partial charge on any atom is 0.387 e. The highest BCUT2D eigenvalue weighted by atomic mass is 32.2. The van der Waals surface area contributed by atoms with Crippen molar-refractivity contribution >= 4 is 15.9 Å². The van der Waals surface area contributed by atoms with E-state index >= 15 is 0 Å². The van der Waals surface area contributed by atoms with Crippen molar-refractivity contribution in [2.45, 2.75) is 64.5 Å². The second-order valence-corrected chi connectivity index (χ2v) is 10.7. The summed E-state index contributed by atoms with van der Waals surface area (Å²) in [5.74, 6) is -0.531. The molecule has 0 bridgehead atoms. The quantitative estimate of drug-likeness (QED) is 0.568. The number of halogens is 2. The van der Waals surface area contributed by atoms with Crippen LogP contribution in [0.15, 0.2) is 41.3 Å². The summed E-state index contributed by atoms with van der Waals surface area (Å²) in [6, 6.07) is 9.66. The molecular formula is C25H32F2N2O4S. The number of nitrogens with zero attached hydrogens (tertiary/aromatic N) is 1. The average molecular weight is 495 g/mol. The fourth-order valence-electron chi connectivity index (χ4n) is 4.72. The molecule has 1 N–H and O–H groups in total. The zero-order valence-electron chi connectivity index (χ0n) is 20.0. The number of aryl methyl sites for hydroxylation is 3. The first-order chi connectivity index (χ1) is 16.0. The van der Waals surface area contributed by atoms with E-state index in [1.807, 2.05) is 26.0 Å². The van der Waals surface area contributed by atoms with E-state index in [-0.39, 0.29) is 30.7 Å². The van der Waals surface area contributed by atoms with Gasteiger partial charge in [-0.15, -0.1) is 0 Å². The Morgan fingerprint density at radius 1 is 1.12 bits per heavy atom. The van der Waals surface area contributed by atoms with Crippen molar-refractivity contribution in [3.8, 4) is 5.75 Å². The van der Waals surface area contributed by atoms with Gasteiger partial charge in [0, 0.05) is 24.6 Å². The number of carbonyl (C=O) groups excluding carboxylic acids is 1. The summed E-state index contributed by atoms with van der Waals surface area (Å²) >= 11 is 0. The van der Waals surface area contributed by atoms with E-state index in [9.17, 15) is 22.0 Å².